The van der Waals surface area contributed by atoms with E-state index in [-0.39, 0.29) is 11.8 Å². The number of hydrogen-bond acceptors (Lipinski definition) is 4. The summed E-state index contributed by atoms with van der Waals surface area (Å²) in [6.07, 6.45) is 1.51. The molecular weight excluding hydrogens is 328 g/mol. The molecule has 26 heavy (non-hydrogen) atoms. The van der Waals surface area contributed by atoms with E-state index in [0.29, 0.717) is 24.3 Å². The lowest BCUT2D eigenvalue weighted by atomic mass is 10.1. The number of fused-ring (bicyclic) bond motifs is 1. The minimum atomic E-state index is -0.192. The molecule has 5 nitrogen and oxygen atoms in total. The lowest BCUT2D eigenvalue weighted by Gasteiger charge is -2.14. The molecule has 2 amide bonds. The molecule has 0 aromatic heterocycles. The monoisotopic (exact) mass is 352 g/mol. The van der Waals surface area contributed by atoms with Crippen molar-refractivity contribution in [2.75, 3.05) is 27.2 Å². The number of amides is 2. The van der Waals surface area contributed by atoms with Gasteiger partial charge in [0.15, 0.2) is 0 Å². The van der Waals surface area contributed by atoms with Gasteiger partial charge in [0.1, 0.15) is 5.75 Å². The molecule has 1 heterocycles. The summed E-state index contributed by atoms with van der Waals surface area (Å²) in [5.74, 6) is 0.468. The summed E-state index contributed by atoms with van der Waals surface area (Å²) in [4.78, 5) is 28.0. The average molecular weight is 352 g/mol. The first kappa shape index (κ1) is 18.1. The Hall–Kier alpha value is -2.66. The van der Waals surface area contributed by atoms with Gasteiger partial charge in [-0.3, -0.25) is 14.5 Å². The van der Waals surface area contributed by atoms with Crippen LogP contribution in [0.2, 0.25) is 0 Å². The zero-order valence-electron chi connectivity index (χ0n) is 15.3. The van der Waals surface area contributed by atoms with Crippen LogP contribution in [0.25, 0.3) is 0 Å². The lowest BCUT2D eigenvalue weighted by molar-refractivity contribution is 0.0649. The molecule has 0 saturated carbocycles. The summed E-state index contributed by atoms with van der Waals surface area (Å²) in [5.41, 5.74) is 2.22. The smallest absolute Gasteiger partial charge is 0.261 e. The number of benzene rings is 2. The summed E-state index contributed by atoms with van der Waals surface area (Å²) in [6.45, 7) is 1.86. The normalized spacial score (nSPS) is 13.4. The third kappa shape index (κ3) is 4.11. The molecule has 1 aliphatic heterocycles. The molecule has 5 heteroatoms. The van der Waals surface area contributed by atoms with Crippen LogP contribution in [-0.2, 0) is 6.54 Å². The van der Waals surface area contributed by atoms with Crippen LogP contribution in [0.5, 0.6) is 5.75 Å². The highest BCUT2D eigenvalue weighted by molar-refractivity contribution is 6.21. The van der Waals surface area contributed by atoms with Crippen molar-refractivity contribution in [3.8, 4) is 5.75 Å². The number of unbranched alkanes of at least 4 members (excludes halogenated alkanes) is 1. The van der Waals surface area contributed by atoms with Crippen LogP contribution < -0.4 is 4.74 Å². The van der Waals surface area contributed by atoms with E-state index >= 15 is 0 Å². The molecule has 0 spiro atoms. The number of ether oxygens (including phenoxy) is 1. The molecule has 2 aromatic rings. The van der Waals surface area contributed by atoms with Crippen molar-refractivity contribution >= 4 is 11.8 Å². The van der Waals surface area contributed by atoms with E-state index in [1.807, 2.05) is 32.3 Å². The van der Waals surface area contributed by atoms with Crippen LogP contribution >= 0.6 is 0 Å². The zero-order chi connectivity index (χ0) is 18.5. The van der Waals surface area contributed by atoms with Gasteiger partial charge in [0.25, 0.3) is 11.8 Å². The second-order valence-corrected chi connectivity index (χ2v) is 6.75. The first-order chi connectivity index (χ1) is 12.6. The number of rotatable bonds is 8. The Balaban J connectivity index is 1.44. The van der Waals surface area contributed by atoms with E-state index in [1.165, 1.54) is 10.5 Å². The van der Waals surface area contributed by atoms with Crippen molar-refractivity contribution < 1.29 is 14.3 Å². The maximum absolute atomic E-state index is 12.3. The maximum atomic E-state index is 12.3. The molecule has 3 rings (SSSR count). The fourth-order valence-electron chi connectivity index (χ4n) is 3.10. The Labute approximate surface area is 154 Å². The van der Waals surface area contributed by atoms with E-state index in [2.05, 4.69) is 11.0 Å². The van der Waals surface area contributed by atoms with Crippen LogP contribution in [0, 0.1) is 0 Å². The Bertz CT molecular complexity index is 766. The average Bonchev–Trinajstić information content (AvgIpc) is 2.86. The Morgan fingerprint density at radius 2 is 1.62 bits per heavy atom. The molecule has 0 unspecified atom stereocenters. The second kappa shape index (κ2) is 8.15. The van der Waals surface area contributed by atoms with Gasteiger partial charge >= 0.3 is 0 Å². The minimum absolute atomic E-state index is 0.192. The number of carbonyl (C=O) groups excluding carboxylic acids is 2. The predicted octanol–water partition coefficient (Wildman–Crippen LogP) is 3.20. The summed E-state index contributed by atoms with van der Waals surface area (Å²) in [5, 5.41) is 0. The van der Waals surface area contributed by atoms with Crippen molar-refractivity contribution in [1.29, 1.82) is 0 Å². The maximum Gasteiger partial charge on any atom is 0.261 e. The highest BCUT2D eigenvalue weighted by Crippen LogP contribution is 2.22. The standard InChI is InChI=1S/C21H24N2O3/c1-22(2)15-16-8-7-9-17(14-16)26-13-6-5-12-23-20(24)18-10-3-4-11-19(18)21(23)25/h3-4,7-11,14H,5-6,12-13,15H2,1-2H3. The molecule has 0 fully saturated rings. The summed E-state index contributed by atoms with van der Waals surface area (Å²) in [7, 11) is 4.07. The largest absolute Gasteiger partial charge is 0.494 e. The fourth-order valence-corrected chi connectivity index (χ4v) is 3.10. The highest BCUT2D eigenvalue weighted by Gasteiger charge is 2.34. The summed E-state index contributed by atoms with van der Waals surface area (Å²) < 4.78 is 5.80. The summed E-state index contributed by atoms with van der Waals surface area (Å²) >= 11 is 0. The molecule has 136 valence electrons. The van der Waals surface area contributed by atoms with Crippen molar-refractivity contribution in [3.63, 3.8) is 0 Å². The fraction of sp³-hybridized carbons (Fsp3) is 0.333. The van der Waals surface area contributed by atoms with Gasteiger partial charge in [-0.25, -0.2) is 0 Å². The molecule has 0 atom stereocenters. The number of imide groups is 1. The minimum Gasteiger partial charge on any atom is -0.494 e. The third-order valence-electron chi connectivity index (χ3n) is 4.32. The van der Waals surface area contributed by atoms with Crippen LogP contribution in [0.15, 0.2) is 48.5 Å². The summed E-state index contributed by atoms with van der Waals surface area (Å²) in [6, 6.07) is 15.0. The number of carbonyl (C=O) groups is 2. The molecule has 0 N–H and O–H groups in total. The van der Waals surface area contributed by atoms with Crippen LogP contribution in [0.3, 0.4) is 0 Å². The molecular formula is C21H24N2O3. The van der Waals surface area contributed by atoms with Gasteiger partial charge < -0.3 is 9.64 Å². The van der Waals surface area contributed by atoms with Gasteiger partial charge in [-0.05, 0) is 56.8 Å². The van der Waals surface area contributed by atoms with Gasteiger partial charge in [0, 0.05) is 13.1 Å². The number of hydrogen-bond donors (Lipinski definition) is 0. The first-order valence-corrected chi connectivity index (χ1v) is 8.88. The Morgan fingerprint density at radius 1 is 0.923 bits per heavy atom. The predicted molar refractivity (Wildman–Crippen MR) is 100 cm³/mol. The second-order valence-electron chi connectivity index (χ2n) is 6.75. The topological polar surface area (TPSA) is 49.9 Å². The van der Waals surface area contributed by atoms with E-state index in [1.54, 1.807) is 24.3 Å². The number of nitrogens with zero attached hydrogens (tertiary/aromatic N) is 2. The molecule has 0 saturated heterocycles. The van der Waals surface area contributed by atoms with Gasteiger partial charge in [0.2, 0.25) is 0 Å². The SMILES string of the molecule is CN(C)Cc1cccc(OCCCCN2C(=O)c3ccccc3C2=O)c1. The quantitative estimate of drug-likeness (QED) is 0.541. The molecule has 0 radical (unpaired) electrons. The van der Waals surface area contributed by atoms with Crippen molar-refractivity contribution in [3.05, 3.63) is 65.2 Å². The third-order valence-corrected chi connectivity index (χ3v) is 4.32. The first-order valence-electron chi connectivity index (χ1n) is 8.88. The van der Waals surface area contributed by atoms with Gasteiger partial charge in [-0.2, -0.15) is 0 Å². The van der Waals surface area contributed by atoms with E-state index < -0.39 is 0 Å². The highest BCUT2D eigenvalue weighted by atomic mass is 16.5. The van der Waals surface area contributed by atoms with Crippen molar-refractivity contribution in [2.45, 2.75) is 19.4 Å². The van der Waals surface area contributed by atoms with Crippen molar-refractivity contribution in [1.82, 2.24) is 9.80 Å². The van der Waals surface area contributed by atoms with Gasteiger partial charge in [-0.15, -0.1) is 0 Å². The van der Waals surface area contributed by atoms with Crippen molar-refractivity contribution in [2.24, 2.45) is 0 Å². The molecule has 0 bridgehead atoms. The van der Waals surface area contributed by atoms with E-state index in [9.17, 15) is 9.59 Å². The van der Waals surface area contributed by atoms with Gasteiger partial charge in [0.05, 0.1) is 17.7 Å². The van der Waals surface area contributed by atoms with E-state index in [4.69, 9.17) is 4.74 Å². The van der Waals surface area contributed by atoms with E-state index in [0.717, 1.165) is 25.1 Å². The van der Waals surface area contributed by atoms with Crippen LogP contribution in [-0.4, -0.2) is 48.9 Å². The molecule has 1 aliphatic rings. The zero-order valence-corrected chi connectivity index (χ0v) is 15.3. The Kier molecular flexibility index (Phi) is 5.68. The molecule has 0 aliphatic carbocycles. The van der Waals surface area contributed by atoms with Gasteiger partial charge in [-0.1, -0.05) is 24.3 Å². The van der Waals surface area contributed by atoms with Crippen LogP contribution in [0.1, 0.15) is 39.1 Å². The lowest BCUT2D eigenvalue weighted by Crippen LogP contribution is -2.30. The van der Waals surface area contributed by atoms with Crippen LogP contribution in [0.4, 0.5) is 0 Å². The molecule has 2 aromatic carbocycles. The Morgan fingerprint density at radius 3 is 2.27 bits per heavy atom.